The Hall–Kier alpha value is -4.55. The van der Waals surface area contributed by atoms with Crippen molar-refractivity contribution in [3.63, 3.8) is 0 Å². The largest absolute Gasteiger partial charge is 0.496 e. The lowest BCUT2D eigenvalue weighted by atomic mass is 9.82. The maximum absolute atomic E-state index is 14.5. The van der Waals surface area contributed by atoms with Crippen LogP contribution in [0.1, 0.15) is 85.2 Å². The molecule has 0 saturated heterocycles. The van der Waals surface area contributed by atoms with Gasteiger partial charge in [-0.3, -0.25) is 19.2 Å². The number of ketones is 3. The fourth-order valence-electron chi connectivity index (χ4n) is 6.03. The molecule has 1 aliphatic carbocycles. The predicted octanol–water partition coefficient (Wildman–Crippen LogP) is 6.34. The Morgan fingerprint density at radius 1 is 1.02 bits per heavy atom. The Balaban J connectivity index is 1.54. The summed E-state index contributed by atoms with van der Waals surface area (Å²) in [6.45, 7) is 3.43. The van der Waals surface area contributed by atoms with Crippen molar-refractivity contribution in [2.45, 2.75) is 71.8 Å². The summed E-state index contributed by atoms with van der Waals surface area (Å²) in [6.07, 6.45) is 2.08. The number of carbonyl (C=O) groups excluding carboxylic acids is 5. The lowest BCUT2D eigenvalue weighted by Crippen LogP contribution is -2.47. The number of carbonyl (C=O) groups is 5. The molecule has 1 aromatic heterocycles. The van der Waals surface area contributed by atoms with Gasteiger partial charge in [0.25, 0.3) is 0 Å². The SMILES string of the molecule is COc1cccc2[nH]c(C(=O)C[C@@H](CC(C)C)C(=O)N[C@@H](C[C@@H]3CCCCC3=O)C(=O)COC(=O)c3c(F)c(C)c(F)c(F)c3F)cc12. The maximum Gasteiger partial charge on any atom is 0.344 e. The molecule has 3 aromatic rings. The van der Waals surface area contributed by atoms with Gasteiger partial charge in [0.1, 0.15) is 22.9 Å². The van der Waals surface area contributed by atoms with E-state index < -0.39 is 76.5 Å². The van der Waals surface area contributed by atoms with Crippen molar-refractivity contribution in [2.75, 3.05) is 13.7 Å². The summed E-state index contributed by atoms with van der Waals surface area (Å²) in [5.74, 6) is -12.4. The minimum absolute atomic E-state index is 0.0317. The van der Waals surface area contributed by atoms with E-state index in [-0.39, 0.29) is 42.4 Å². The zero-order valence-corrected chi connectivity index (χ0v) is 27.1. The number of methoxy groups -OCH3 is 1. The number of aromatic amines is 1. The highest BCUT2D eigenvalue weighted by Gasteiger charge is 2.34. The summed E-state index contributed by atoms with van der Waals surface area (Å²) in [6, 6.07) is 5.56. The molecule has 4 rings (SSSR count). The average Bonchev–Trinajstić information content (AvgIpc) is 3.50. The number of hydrogen-bond donors (Lipinski definition) is 2. The number of halogens is 4. The van der Waals surface area contributed by atoms with E-state index in [9.17, 15) is 41.5 Å². The molecule has 0 unspecified atom stereocenters. The fraction of sp³-hybridized carbons (Fsp3) is 0.457. The van der Waals surface area contributed by atoms with Crippen LogP contribution in [0.15, 0.2) is 24.3 Å². The molecule has 2 aromatic carbocycles. The number of aromatic nitrogens is 1. The third-order valence-electron chi connectivity index (χ3n) is 8.64. The molecule has 13 heteroatoms. The number of amides is 1. The average molecular weight is 675 g/mol. The van der Waals surface area contributed by atoms with Crippen molar-refractivity contribution < 1.29 is 51.0 Å². The Kier molecular flexibility index (Phi) is 11.8. The second-order valence-corrected chi connectivity index (χ2v) is 12.6. The molecule has 0 bridgehead atoms. The van der Waals surface area contributed by atoms with Crippen LogP contribution in [0, 0.1) is 47.9 Å². The monoisotopic (exact) mass is 674 g/mol. The first-order chi connectivity index (χ1) is 22.7. The molecule has 2 N–H and O–H groups in total. The third-order valence-corrected chi connectivity index (χ3v) is 8.64. The fourth-order valence-corrected chi connectivity index (χ4v) is 6.03. The standard InChI is InChI=1S/C35H38F4N2O7/c1-17(2)12-20(14-26(43)24-15-21-22(40-24)9-7-11-28(21)47-4)34(45)41-23(13-19-8-5-6-10-25(19)42)27(44)16-48-35(46)29-30(36)18(3)31(37)33(39)32(29)38/h7,9,11,15,17,19-20,23,40H,5-6,8,10,12-14,16H2,1-4H3,(H,41,45)/t19-,20+,23-/m0/s1. The van der Waals surface area contributed by atoms with E-state index in [1.807, 2.05) is 13.8 Å². The number of benzene rings is 2. The summed E-state index contributed by atoms with van der Waals surface area (Å²) >= 11 is 0. The van der Waals surface area contributed by atoms with Crippen molar-refractivity contribution in [1.82, 2.24) is 10.3 Å². The second kappa shape index (κ2) is 15.6. The number of H-pyrrole nitrogens is 1. The van der Waals surface area contributed by atoms with Crippen LogP contribution in [0.2, 0.25) is 0 Å². The van der Waals surface area contributed by atoms with E-state index >= 15 is 0 Å². The first-order valence-electron chi connectivity index (χ1n) is 15.8. The highest BCUT2D eigenvalue weighted by molar-refractivity contribution is 6.03. The molecule has 0 spiro atoms. The van der Waals surface area contributed by atoms with Crippen LogP contribution in [0.3, 0.4) is 0 Å². The summed E-state index contributed by atoms with van der Waals surface area (Å²) in [5.41, 5.74) is -1.54. The normalized spacial score (nSPS) is 16.1. The van der Waals surface area contributed by atoms with E-state index in [2.05, 4.69) is 10.3 Å². The number of fused-ring (bicyclic) bond motifs is 1. The van der Waals surface area contributed by atoms with Crippen LogP contribution >= 0.6 is 0 Å². The van der Waals surface area contributed by atoms with Gasteiger partial charge >= 0.3 is 5.97 Å². The van der Waals surface area contributed by atoms with E-state index in [4.69, 9.17) is 9.47 Å². The van der Waals surface area contributed by atoms with Crippen molar-refractivity contribution >= 4 is 40.1 Å². The molecule has 1 fully saturated rings. The number of nitrogens with one attached hydrogen (secondary N) is 2. The minimum Gasteiger partial charge on any atom is -0.496 e. The Bertz CT molecular complexity index is 1710. The van der Waals surface area contributed by atoms with Crippen LogP contribution < -0.4 is 10.1 Å². The molecular weight excluding hydrogens is 636 g/mol. The van der Waals surface area contributed by atoms with E-state index in [0.29, 0.717) is 42.3 Å². The molecule has 1 saturated carbocycles. The molecule has 3 atom stereocenters. The molecular formula is C35H38F4N2O7. The minimum atomic E-state index is -2.11. The second-order valence-electron chi connectivity index (χ2n) is 12.6. The lowest BCUT2D eigenvalue weighted by molar-refractivity contribution is -0.133. The molecule has 0 aliphatic heterocycles. The molecule has 9 nitrogen and oxygen atoms in total. The Morgan fingerprint density at radius 3 is 2.42 bits per heavy atom. The highest BCUT2D eigenvalue weighted by Crippen LogP contribution is 2.29. The zero-order valence-electron chi connectivity index (χ0n) is 27.1. The molecule has 0 radical (unpaired) electrons. The van der Waals surface area contributed by atoms with Crippen molar-refractivity contribution in [2.24, 2.45) is 17.8 Å². The summed E-state index contributed by atoms with van der Waals surface area (Å²) in [4.78, 5) is 68.7. The van der Waals surface area contributed by atoms with Crippen LogP contribution in [0.4, 0.5) is 17.6 Å². The van der Waals surface area contributed by atoms with Gasteiger partial charge in [-0.15, -0.1) is 0 Å². The van der Waals surface area contributed by atoms with Crippen molar-refractivity contribution in [3.05, 3.63) is 64.4 Å². The van der Waals surface area contributed by atoms with Crippen molar-refractivity contribution in [1.29, 1.82) is 0 Å². The van der Waals surface area contributed by atoms with Gasteiger partial charge in [-0.05, 0) is 56.7 Å². The molecule has 258 valence electrons. The van der Waals surface area contributed by atoms with E-state index in [1.54, 1.807) is 24.3 Å². The Morgan fingerprint density at radius 2 is 1.75 bits per heavy atom. The van der Waals surface area contributed by atoms with Crippen LogP contribution in [0.25, 0.3) is 10.9 Å². The first kappa shape index (κ1) is 36.3. The highest BCUT2D eigenvalue weighted by atomic mass is 19.2. The quantitative estimate of drug-likeness (QED) is 0.0671. The lowest BCUT2D eigenvalue weighted by Gasteiger charge is -2.27. The summed E-state index contributed by atoms with van der Waals surface area (Å²) in [5, 5.41) is 3.32. The van der Waals surface area contributed by atoms with Gasteiger partial charge in [-0.1, -0.05) is 26.3 Å². The summed E-state index contributed by atoms with van der Waals surface area (Å²) < 4.78 is 66.6. The summed E-state index contributed by atoms with van der Waals surface area (Å²) in [7, 11) is 1.51. The number of rotatable bonds is 14. The van der Waals surface area contributed by atoms with Gasteiger partial charge in [-0.25, -0.2) is 22.4 Å². The smallest absolute Gasteiger partial charge is 0.344 e. The van der Waals surface area contributed by atoms with Gasteiger partial charge in [0.2, 0.25) is 5.91 Å². The zero-order chi connectivity index (χ0) is 35.3. The molecule has 48 heavy (non-hydrogen) atoms. The van der Waals surface area contributed by atoms with E-state index in [0.717, 1.165) is 6.92 Å². The molecule has 1 amide bonds. The molecule has 1 aliphatic rings. The number of hydrogen-bond acceptors (Lipinski definition) is 7. The third kappa shape index (κ3) is 8.11. The van der Waals surface area contributed by atoms with Crippen LogP contribution in [-0.4, -0.2) is 54.0 Å². The van der Waals surface area contributed by atoms with Gasteiger partial charge < -0.3 is 19.8 Å². The number of ether oxygens (including phenoxy) is 2. The predicted molar refractivity (Wildman–Crippen MR) is 167 cm³/mol. The Labute approximate surface area is 274 Å². The number of esters is 1. The van der Waals surface area contributed by atoms with Gasteiger partial charge in [-0.2, -0.15) is 0 Å². The maximum atomic E-state index is 14.5. The van der Waals surface area contributed by atoms with Crippen LogP contribution in [-0.2, 0) is 19.1 Å². The van der Waals surface area contributed by atoms with E-state index in [1.165, 1.54) is 7.11 Å². The number of Topliss-reactive ketones (excluding diaryl/α,β-unsaturated/α-hetero) is 3. The molecule has 1 heterocycles. The van der Waals surface area contributed by atoms with Gasteiger partial charge in [0.05, 0.1) is 18.8 Å². The first-order valence-corrected chi connectivity index (χ1v) is 15.8. The van der Waals surface area contributed by atoms with Crippen molar-refractivity contribution in [3.8, 4) is 5.75 Å². The van der Waals surface area contributed by atoms with Gasteiger partial charge in [0, 0.05) is 41.1 Å². The topological polar surface area (TPSA) is 132 Å². The van der Waals surface area contributed by atoms with Gasteiger partial charge in [0.15, 0.2) is 35.6 Å². The van der Waals surface area contributed by atoms with Crippen LogP contribution in [0.5, 0.6) is 5.75 Å².